The minimum absolute atomic E-state index is 0.273. The number of nitroso groups, excluding NO2 is 1. The fourth-order valence-corrected chi connectivity index (χ4v) is 1.22. The van der Waals surface area contributed by atoms with Gasteiger partial charge in [0.25, 0.3) is 0 Å². The molecule has 0 radical (unpaired) electrons. The molecule has 0 aromatic rings. The lowest BCUT2D eigenvalue weighted by Gasteiger charge is -2.08. The van der Waals surface area contributed by atoms with E-state index >= 15 is 0 Å². The lowest BCUT2D eigenvalue weighted by atomic mass is 10.1. The molecule has 0 aromatic carbocycles. The van der Waals surface area contributed by atoms with Gasteiger partial charge in [-0.05, 0) is 19.3 Å². The molecule has 0 aliphatic heterocycles. The zero-order chi connectivity index (χ0) is 7.07. The molecule has 9 heavy (non-hydrogen) atoms. The van der Waals surface area contributed by atoms with Gasteiger partial charge in [-0.3, -0.25) is 0 Å². The highest BCUT2D eigenvalue weighted by molar-refractivity contribution is 5.11. The van der Waals surface area contributed by atoms with Crippen LogP contribution in [0.5, 0.6) is 0 Å². The Kier molecular flexibility index (Phi) is 1.31. The van der Waals surface area contributed by atoms with Crippen molar-refractivity contribution in [1.82, 2.24) is 0 Å². The summed E-state index contributed by atoms with van der Waals surface area (Å²) < 4.78 is 0. The summed E-state index contributed by atoms with van der Waals surface area (Å²) in [6.07, 6.45) is 0.166. The Morgan fingerprint density at radius 1 is 1.89 bits per heavy atom. The van der Waals surface area contributed by atoms with Crippen LogP contribution in [0.15, 0.2) is 5.18 Å². The van der Waals surface area contributed by atoms with Gasteiger partial charge in [-0.2, -0.15) is 4.91 Å². The van der Waals surface area contributed by atoms with Crippen LogP contribution in [0.25, 0.3) is 0 Å². The predicted octanol–water partition coefficient (Wildman–Crippen LogP) is 0.912. The van der Waals surface area contributed by atoms with Crippen molar-refractivity contribution in [2.24, 2.45) is 11.1 Å². The summed E-state index contributed by atoms with van der Waals surface area (Å²) in [5.41, 5.74) is -0.625. The third kappa shape index (κ3) is 0.758. The van der Waals surface area contributed by atoms with Crippen molar-refractivity contribution in [2.45, 2.75) is 31.9 Å². The van der Waals surface area contributed by atoms with E-state index in [1.54, 1.807) is 6.92 Å². The molecule has 1 rings (SSSR count). The Hall–Kier alpha value is -0.440. The molecule has 0 heterocycles. The number of rotatable bonds is 2. The average Bonchev–Trinajstić information content (AvgIpc) is 2.43. The molecule has 0 aromatic heterocycles. The van der Waals surface area contributed by atoms with Crippen LogP contribution in [0.4, 0.5) is 0 Å². The summed E-state index contributed by atoms with van der Waals surface area (Å²) in [6.45, 7) is 3.54. The summed E-state index contributed by atoms with van der Waals surface area (Å²) in [5.74, 6) is 0.273. The molecule has 52 valence electrons. The molecule has 2 unspecified atom stereocenters. The van der Waals surface area contributed by atoms with Gasteiger partial charge in [0.05, 0.1) is 6.10 Å². The standard InChI is InChI=1S/C6H11NO2/c1-4-3-6(4,7-9)5(2)8/h4-5,8H,3H2,1-2H3/t4?,5-,6?/m0/s1. The minimum atomic E-state index is -0.625. The second kappa shape index (κ2) is 1.77. The molecule has 1 N–H and O–H groups in total. The first-order valence-corrected chi connectivity index (χ1v) is 3.16. The maximum atomic E-state index is 10.1. The molecule has 3 atom stereocenters. The van der Waals surface area contributed by atoms with Crippen LogP contribution in [0, 0.1) is 10.8 Å². The van der Waals surface area contributed by atoms with E-state index in [2.05, 4.69) is 5.18 Å². The Morgan fingerprint density at radius 3 is 2.33 bits per heavy atom. The largest absolute Gasteiger partial charge is 0.391 e. The molecule has 1 fully saturated rings. The van der Waals surface area contributed by atoms with Gasteiger partial charge >= 0.3 is 0 Å². The van der Waals surface area contributed by atoms with E-state index in [-0.39, 0.29) is 5.92 Å². The highest BCUT2D eigenvalue weighted by Crippen LogP contribution is 2.48. The number of nitrogens with zero attached hydrogens (tertiary/aromatic N) is 1. The van der Waals surface area contributed by atoms with E-state index in [1.165, 1.54) is 0 Å². The molecule has 0 bridgehead atoms. The number of hydrogen-bond acceptors (Lipinski definition) is 3. The molecule has 3 heteroatoms. The molecule has 0 amide bonds. The SMILES string of the molecule is CC1CC1(N=O)[C@H](C)O. The molecule has 0 saturated heterocycles. The topological polar surface area (TPSA) is 49.7 Å². The highest BCUT2D eigenvalue weighted by atomic mass is 16.3. The van der Waals surface area contributed by atoms with Crippen molar-refractivity contribution in [2.75, 3.05) is 0 Å². The van der Waals surface area contributed by atoms with E-state index in [1.807, 2.05) is 6.92 Å². The monoisotopic (exact) mass is 129 g/mol. The van der Waals surface area contributed by atoms with Gasteiger partial charge in [-0.25, -0.2) is 0 Å². The number of hydrogen-bond donors (Lipinski definition) is 1. The Morgan fingerprint density at radius 2 is 2.33 bits per heavy atom. The van der Waals surface area contributed by atoms with Gasteiger partial charge in [-0.1, -0.05) is 12.1 Å². The van der Waals surface area contributed by atoms with Crippen LogP contribution in [0.2, 0.25) is 0 Å². The van der Waals surface area contributed by atoms with Crippen LogP contribution in [-0.4, -0.2) is 16.7 Å². The van der Waals surface area contributed by atoms with Crippen LogP contribution in [-0.2, 0) is 0 Å². The molecule has 1 aliphatic carbocycles. The van der Waals surface area contributed by atoms with E-state index < -0.39 is 11.6 Å². The van der Waals surface area contributed by atoms with Crippen LogP contribution >= 0.6 is 0 Å². The molecule has 3 nitrogen and oxygen atoms in total. The van der Waals surface area contributed by atoms with Crippen molar-refractivity contribution < 1.29 is 5.11 Å². The van der Waals surface area contributed by atoms with Crippen molar-refractivity contribution in [3.8, 4) is 0 Å². The number of aliphatic hydroxyl groups excluding tert-OH is 1. The summed E-state index contributed by atoms with van der Waals surface area (Å²) in [5, 5.41) is 11.9. The predicted molar refractivity (Wildman–Crippen MR) is 34.0 cm³/mol. The zero-order valence-corrected chi connectivity index (χ0v) is 5.66. The second-order valence-corrected chi connectivity index (χ2v) is 2.86. The quantitative estimate of drug-likeness (QED) is 0.563. The summed E-state index contributed by atoms with van der Waals surface area (Å²) in [7, 11) is 0. The van der Waals surface area contributed by atoms with Gasteiger partial charge in [0.1, 0.15) is 5.54 Å². The smallest absolute Gasteiger partial charge is 0.131 e. The molecular formula is C6H11NO2. The van der Waals surface area contributed by atoms with Crippen molar-refractivity contribution in [3.63, 3.8) is 0 Å². The number of aliphatic hydroxyl groups is 1. The lowest BCUT2D eigenvalue weighted by molar-refractivity contribution is 0.147. The van der Waals surface area contributed by atoms with Crippen LogP contribution < -0.4 is 0 Å². The minimum Gasteiger partial charge on any atom is -0.391 e. The molecule has 1 aliphatic rings. The van der Waals surface area contributed by atoms with Gasteiger partial charge in [-0.15, -0.1) is 0 Å². The summed E-state index contributed by atoms with van der Waals surface area (Å²) in [4.78, 5) is 10.1. The van der Waals surface area contributed by atoms with E-state index in [0.29, 0.717) is 0 Å². The lowest BCUT2D eigenvalue weighted by Crippen LogP contribution is -2.23. The fraction of sp³-hybridized carbons (Fsp3) is 1.00. The molecular weight excluding hydrogens is 118 g/mol. The molecule has 0 spiro atoms. The maximum Gasteiger partial charge on any atom is 0.131 e. The van der Waals surface area contributed by atoms with Gasteiger partial charge < -0.3 is 5.11 Å². The first kappa shape index (κ1) is 6.68. The summed E-state index contributed by atoms with van der Waals surface area (Å²) >= 11 is 0. The third-order valence-corrected chi connectivity index (χ3v) is 2.22. The summed E-state index contributed by atoms with van der Waals surface area (Å²) in [6, 6.07) is 0. The first-order chi connectivity index (χ1) is 4.13. The van der Waals surface area contributed by atoms with Gasteiger partial charge in [0.2, 0.25) is 0 Å². The van der Waals surface area contributed by atoms with Crippen LogP contribution in [0.3, 0.4) is 0 Å². The maximum absolute atomic E-state index is 10.1. The highest BCUT2D eigenvalue weighted by Gasteiger charge is 2.57. The third-order valence-electron chi connectivity index (χ3n) is 2.22. The Bertz CT molecular complexity index is 135. The Balaban J connectivity index is 2.62. The first-order valence-electron chi connectivity index (χ1n) is 3.16. The average molecular weight is 129 g/mol. The Labute approximate surface area is 54.0 Å². The van der Waals surface area contributed by atoms with Gasteiger partial charge in [0, 0.05) is 0 Å². The van der Waals surface area contributed by atoms with E-state index in [0.717, 1.165) is 6.42 Å². The second-order valence-electron chi connectivity index (χ2n) is 2.86. The normalized spacial score (nSPS) is 44.1. The van der Waals surface area contributed by atoms with Crippen LogP contribution in [0.1, 0.15) is 20.3 Å². The van der Waals surface area contributed by atoms with E-state index in [4.69, 9.17) is 5.11 Å². The fourth-order valence-electron chi connectivity index (χ4n) is 1.22. The molecule has 1 saturated carbocycles. The zero-order valence-electron chi connectivity index (χ0n) is 5.66. The van der Waals surface area contributed by atoms with Crippen molar-refractivity contribution >= 4 is 0 Å². The van der Waals surface area contributed by atoms with Crippen molar-refractivity contribution in [1.29, 1.82) is 0 Å². The van der Waals surface area contributed by atoms with Crippen molar-refractivity contribution in [3.05, 3.63) is 4.91 Å². The van der Waals surface area contributed by atoms with Gasteiger partial charge in [0.15, 0.2) is 0 Å². The van der Waals surface area contributed by atoms with E-state index in [9.17, 15) is 4.91 Å².